The summed E-state index contributed by atoms with van der Waals surface area (Å²) in [6.07, 6.45) is 0.318. The van der Waals surface area contributed by atoms with Crippen molar-refractivity contribution in [3.63, 3.8) is 0 Å². The molecule has 0 radical (unpaired) electrons. The van der Waals surface area contributed by atoms with Gasteiger partial charge in [0.25, 0.3) is 0 Å². The van der Waals surface area contributed by atoms with E-state index in [1.54, 1.807) is 0 Å². The van der Waals surface area contributed by atoms with E-state index in [0.29, 0.717) is 12.2 Å². The highest BCUT2D eigenvalue weighted by atomic mass is 19.1. The number of rotatable bonds is 4. The van der Waals surface area contributed by atoms with Gasteiger partial charge >= 0.3 is 5.97 Å². The van der Waals surface area contributed by atoms with Gasteiger partial charge in [0.2, 0.25) is 5.91 Å². The fourth-order valence-electron chi connectivity index (χ4n) is 1.76. The number of carboxylic acid groups (broad SMARTS) is 1. The Bertz CT molecular complexity index is 503. The summed E-state index contributed by atoms with van der Waals surface area (Å²) in [5.41, 5.74) is 0.207. The van der Waals surface area contributed by atoms with Crippen LogP contribution in [0.15, 0.2) is 18.2 Å². The van der Waals surface area contributed by atoms with Crippen molar-refractivity contribution in [2.75, 3.05) is 12.4 Å². The minimum atomic E-state index is -0.985. The van der Waals surface area contributed by atoms with E-state index in [1.165, 1.54) is 19.2 Å². The molecule has 0 spiro atoms. The Morgan fingerprint density at radius 1 is 1.44 bits per heavy atom. The number of nitrogens with one attached hydrogen (secondary N) is 1. The summed E-state index contributed by atoms with van der Waals surface area (Å²) in [5, 5.41) is 11.2. The molecule has 18 heavy (non-hydrogen) atoms. The lowest BCUT2D eigenvalue weighted by atomic mass is 10.2. The molecule has 1 aromatic carbocycles. The predicted octanol–water partition coefficient (Wildman–Crippen LogP) is 1.49. The first kappa shape index (κ1) is 12.3. The van der Waals surface area contributed by atoms with Crippen LogP contribution in [0.2, 0.25) is 0 Å². The number of carboxylic acids is 1. The molecule has 2 unspecified atom stereocenters. The number of carbonyl (C=O) groups excluding carboxylic acids is 1. The second kappa shape index (κ2) is 4.64. The molecule has 1 fully saturated rings. The van der Waals surface area contributed by atoms with E-state index in [4.69, 9.17) is 9.84 Å². The number of aliphatic carboxylic acids is 1. The van der Waals surface area contributed by atoms with E-state index < -0.39 is 29.5 Å². The maximum atomic E-state index is 13.1. The summed E-state index contributed by atoms with van der Waals surface area (Å²) in [7, 11) is 1.40. The largest absolute Gasteiger partial charge is 0.495 e. The normalized spacial score (nSPS) is 21.2. The van der Waals surface area contributed by atoms with Crippen LogP contribution in [0.25, 0.3) is 0 Å². The molecule has 2 N–H and O–H groups in total. The van der Waals surface area contributed by atoms with Gasteiger partial charge in [0.05, 0.1) is 24.6 Å². The van der Waals surface area contributed by atoms with Crippen LogP contribution >= 0.6 is 0 Å². The molecule has 0 saturated heterocycles. The van der Waals surface area contributed by atoms with Gasteiger partial charge in [-0.2, -0.15) is 0 Å². The van der Waals surface area contributed by atoms with Gasteiger partial charge in [0.1, 0.15) is 11.6 Å². The molecule has 6 heteroatoms. The number of methoxy groups -OCH3 is 1. The van der Waals surface area contributed by atoms with E-state index in [2.05, 4.69) is 5.32 Å². The minimum absolute atomic E-state index is 0.207. The summed E-state index contributed by atoms with van der Waals surface area (Å²) in [6, 6.07) is 3.74. The Kier molecular flexibility index (Phi) is 3.18. The first-order valence-electron chi connectivity index (χ1n) is 5.40. The zero-order valence-corrected chi connectivity index (χ0v) is 9.64. The van der Waals surface area contributed by atoms with Gasteiger partial charge in [-0.05, 0) is 18.6 Å². The second-order valence-electron chi connectivity index (χ2n) is 4.12. The number of hydrogen-bond acceptors (Lipinski definition) is 3. The topological polar surface area (TPSA) is 75.6 Å². The highest BCUT2D eigenvalue weighted by Crippen LogP contribution is 2.40. The Hall–Kier alpha value is -2.11. The standard InChI is InChI=1S/C12H12FNO4/c1-18-10-3-2-6(13)4-9(10)14-11(15)7-5-8(7)12(16)17/h2-4,7-8H,5H2,1H3,(H,14,15)(H,16,17). The van der Waals surface area contributed by atoms with Crippen molar-refractivity contribution < 1.29 is 23.8 Å². The summed E-state index contributed by atoms with van der Waals surface area (Å²) in [4.78, 5) is 22.4. The van der Waals surface area contributed by atoms with Gasteiger partial charge in [-0.3, -0.25) is 9.59 Å². The maximum Gasteiger partial charge on any atom is 0.307 e. The second-order valence-corrected chi connectivity index (χ2v) is 4.12. The monoisotopic (exact) mass is 253 g/mol. The molecule has 1 saturated carbocycles. The summed E-state index contributed by atoms with van der Waals surface area (Å²) < 4.78 is 18.0. The molecule has 1 aromatic rings. The zero-order chi connectivity index (χ0) is 13.3. The van der Waals surface area contributed by atoms with Gasteiger partial charge < -0.3 is 15.2 Å². The molecule has 5 nitrogen and oxygen atoms in total. The fraction of sp³-hybridized carbons (Fsp3) is 0.333. The number of benzene rings is 1. The highest BCUT2D eigenvalue weighted by Gasteiger charge is 2.48. The third kappa shape index (κ3) is 2.42. The van der Waals surface area contributed by atoms with Crippen LogP contribution in [0.5, 0.6) is 5.75 Å². The predicted molar refractivity (Wildman–Crippen MR) is 60.8 cm³/mol. The fourth-order valence-corrected chi connectivity index (χ4v) is 1.76. The number of ether oxygens (including phenoxy) is 1. The van der Waals surface area contributed by atoms with E-state index in [9.17, 15) is 14.0 Å². The molecule has 0 bridgehead atoms. The average molecular weight is 253 g/mol. The van der Waals surface area contributed by atoms with Gasteiger partial charge in [-0.25, -0.2) is 4.39 Å². The third-order valence-corrected chi connectivity index (χ3v) is 2.86. The Balaban J connectivity index is 2.08. The lowest BCUT2D eigenvalue weighted by Gasteiger charge is -2.09. The Morgan fingerprint density at radius 3 is 2.72 bits per heavy atom. The van der Waals surface area contributed by atoms with Crippen molar-refractivity contribution in [3.05, 3.63) is 24.0 Å². The zero-order valence-electron chi connectivity index (χ0n) is 9.64. The summed E-state index contributed by atoms with van der Waals surface area (Å²) in [6.45, 7) is 0. The van der Waals surface area contributed by atoms with Crippen LogP contribution < -0.4 is 10.1 Å². The van der Waals surface area contributed by atoms with Crippen molar-refractivity contribution in [2.24, 2.45) is 11.8 Å². The van der Waals surface area contributed by atoms with Gasteiger partial charge in [-0.15, -0.1) is 0 Å². The molecule has 2 rings (SSSR count). The quantitative estimate of drug-likeness (QED) is 0.852. The Labute approximate surface area is 103 Å². The van der Waals surface area contributed by atoms with Crippen molar-refractivity contribution in [1.29, 1.82) is 0 Å². The number of halogens is 1. The summed E-state index contributed by atoms with van der Waals surface area (Å²) >= 11 is 0. The molecular weight excluding hydrogens is 241 g/mol. The first-order chi connectivity index (χ1) is 8.52. The first-order valence-corrected chi connectivity index (χ1v) is 5.40. The molecular formula is C12H12FNO4. The van der Waals surface area contributed by atoms with E-state index >= 15 is 0 Å². The third-order valence-electron chi connectivity index (χ3n) is 2.86. The number of amides is 1. The molecule has 1 aliphatic carbocycles. The van der Waals surface area contributed by atoms with Crippen LogP contribution in [0.3, 0.4) is 0 Å². The smallest absolute Gasteiger partial charge is 0.307 e. The van der Waals surface area contributed by atoms with Crippen LogP contribution in [0.1, 0.15) is 6.42 Å². The van der Waals surface area contributed by atoms with Crippen molar-refractivity contribution in [1.82, 2.24) is 0 Å². The Morgan fingerprint density at radius 2 is 2.17 bits per heavy atom. The highest BCUT2D eigenvalue weighted by molar-refractivity contribution is 5.99. The molecule has 96 valence electrons. The maximum absolute atomic E-state index is 13.1. The molecule has 2 atom stereocenters. The summed E-state index contributed by atoms with van der Waals surface area (Å²) in [5.74, 6) is -2.76. The lowest BCUT2D eigenvalue weighted by Crippen LogP contribution is -2.17. The van der Waals surface area contributed by atoms with Gasteiger partial charge in [0.15, 0.2) is 0 Å². The minimum Gasteiger partial charge on any atom is -0.495 e. The van der Waals surface area contributed by atoms with Crippen molar-refractivity contribution in [2.45, 2.75) is 6.42 Å². The van der Waals surface area contributed by atoms with E-state index in [1.807, 2.05) is 0 Å². The van der Waals surface area contributed by atoms with Crippen LogP contribution in [-0.2, 0) is 9.59 Å². The van der Waals surface area contributed by atoms with Crippen LogP contribution in [0, 0.1) is 17.7 Å². The number of carbonyl (C=O) groups is 2. The van der Waals surface area contributed by atoms with Gasteiger partial charge in [0, 0.05) is 6.07 Å². The average Bonchev–Trinajstić information content (AvgIpc) is 3.09. The van der Waals surface area contributed by atoms with E-state index in [0.717, 1.165) is 6.07 Å². The molecule has 0 aliphatic heterocycles. The number of anilines is 1. The lowest BCUT2D eigenvalue weighted by molar-refractivity contribution is -0.139. The van der Waals surface area contributed by atoms with Crippen LogP contribution in [-0.4, -0.2) is 24.1 Å². The van der Waals surface area contributed by atoms with Crippen molar-refractivity contribution >= 4 is 17.6 Å². The van der Waals surface area contributed by atoms with E-state index in [-0.39, 0.29) is 5.69 Å². The SMILES string of the molecule is COc1ccc(F)cc1NC(=O)C1CC1C(=O)O. The number of hydrogen-bond donors (Lipinski definition) is 2. The molecule has 0 heterocycles. The molecule has 1 aliphatic rings. The van der Waals surface area contributed by atoms with Crippen molar-refractivity contribution in [3.8, 4) is 5.75 Å². The molecule has 0 aromatic heterocycles. The molecule has 1 amide bonds. The van der Waals surface area contributed by atoms with Gasteiger partial charge in [-0.1, -0.05) is 0 Å². The van der Waals surface area contributed by atoms with Crippen LogP contribution in [0.4, 0.5) is 10.1 Å².